The first kappa shape index (κ1) is 13.3. The Morgan fingerprint density at radius 1 is 1.26 bits per heavy atom. The third kappa shape index (κ3) is 2.61. The Kier molecular flexibility index (Phi) is 3.72. The second-order valence-corrected chi connectivity index (χ2v) is 6.76. The average molecular weight is 324 g/mol. The predicted molar refractivity (Wildman–Crippen MR) is 84.6 cm³/mol. The number of rotatable bonds is 1. The molecule has 0 bridgehead atoms. The molecule has 0 spiro atoms. The summed E-state index contributed by atoms with van der Waals surface area (Å²) >= 11 is 3.56. The lowest BCUT2D eigenvalue weighted by Gasteiger charge is -2.48. The van der Waals surface area contributed by atoms with Gasteiger partial charge in [-0.3, -0.25) is 4.90 Å². The molecule has 19 heavy (non-hydrogen) atoms. The van der Waals surface area contributed by atoms with E-state index in [0.29, 0.717) is 12.1 Å². The van der Waals surface area contributed by atoms with Crippen molar-refractivity contribution < 1.29 is 0 Å². The van der Waals surface area contributed by atoms with E-state index in [1.54, 1.807) is 0 Å². The van der Waals surface area contributed by atoms with Crippen molar-refractivity contribution in [3.63, 3.8) is 0 Å². The molecule has 104 valence electrons. The minimum absolute atomic E-state index is 0.533. The molecular weight excluding hydrogens is 302 g/mol. The van der Waals surface area contributed by atoms with Crippen LogP contribution in [0.15, 0.2) is 22.7 Å². The number of nitrogens with zero attached hydrogens (tertiary/aromatic N) is 2. The van der Waals surface area contributed by atoms with Gasteiger partial charge in [0.15, 0.2) is 0 Å². The molecule has 0 amide bonds. The first-order chi connectivity index (χ1) is 9.15. The third-order valence-corrected chi connectivity index (χ3v) is 4.98. The van der Waals surface area contributed by atoms with E-state index in [-0.39, 0.29) is 0 Å². The normalized spacial score (nSPS) is 28.2. The van der Waals surface area contributed by atoms with Gasteiger partial charge in [-0.25, -0.2) is 0 Å². The molecule has 2 saturated heterocycles. The molecular formula is C15H22BrN3. The van der Waals surface area contributed by atoms with Crippen molar-refractivity contribution in [2.45, 2.75) is 38.3 Å². The highest BCUT2D eigenvalue weighted by Crippen LogP contribution is 2.33. The fourth-order valence-corrected chi connectivity index (χ4v) is 3.80. The van der Waals surface area contributed by atoms with Gasteiger partial charge in [-0.2, -0.15) is 0 Å². The number of fused-ring (bicyclic) bond motifs is 1. The van der Waals surface area contributed by atoms with Crippen LogP contribution in [0.5, 0.6) is 0 Å². The fourth-order valence-electron chi connectivity index (χ4n) is 3.45. The van der Waals surface area contributed by atoms with Gasteiger partial charge in [0.25, 0.3) is 0 Å². The van der Waals surface area contributed by atoms with Crippen LogP contribution in [-0.2, 0) is 0 Å². The topological polar surface area (TPSA) is 32.5 Å². The molecule has 1 aromatic carbocycles. The second kappa shape index (κ2) is 5.33. The predicted octanol–water partition coefficient (Wildman–Crippen LogP) is 3.09. The summed E-state index contributed by atoms with van der Waals surface area (Å²) in [6.07, 6.45) is 4.07. The van der Waals surface area contributed by atoms with Gasteiger partial charge in [0.1, 0.15) is 0 Å². The van der Waals surface area contributed by atoms with Gasteiger partial charge in [0, 0.05) is 29.6 Å². The lowest BCUT2D eigenvalue weighted by atomic mass is 9.96. The minimum atomic E-state index is 0.533. The van der Waals surface area contributed by atoms with Gasteiger partial charge in [-0.15, -0.1) is 0 Å². The molecule has 4 heteroatoms. The zero-order valence-electron chi connectivity index (χ0n) is 11.5. The summed E-state index contributed by atoms with van der Waals surface area (Å²) in [6.45, 7) is 5.86. The molecule has 2 atom stereocenters. The van der Waals surface area contributed by atoms with E-state index < -0.39 is 0 Å². The Hall–Kier alpha value is -0.740. The van der Waals surface area contributed by atoms with Crippen molar-refractivity contribution in [3.8, 4) is 0 Å². The van der Waals surface area contributed by atoms with Gasteiger partial charge in [0.2, 0.25) is 0 Å². The fraction of sp³-hybridized carbons (Fsp3) is 0.600. The van der Waals surface area contributed by atoms with Crippen molar-refractivity contribution in [3.05, 3.63) is 22.7 Å². The molecule has 2 aliphatic heterocycles. The monoisotopic (exact) mass is 323 g/mol. The maximum absolute atomic E-state index is 6.17. The van der Waals surface area contributed by atoms with E-state index >= 15 is 0 Å². The lowest BCUT2D eigenvalue weighted by molar-refractivity contribution is 0.115. The van der Waals surface area contributed by atoms with Gasteiger partial charge in [-0.05, 0) is 44.5 Å². The van der Waals surface area contributed by atoms with Crippen LogP contribution < -0.4 is 10.6 Å². The molecule has 2 fully saturated rings. The van der Waals surface area contributed by atoms with Crippen molar-refractivity contribution in [2.24, 2.45) is 0 Å². The first-order valence-electron chi connectivity index (χ1n) is 7.21. The van der Waals surface area contributed by atoms with Crippen LogP contribution in [0, 0.1) is 0 Å². The number of nitrogens with two attached hydrogens (primary N) is 1. The number of anilines is 2. The van der Waals surface area contributed by atoms with Crippen molar-refractivity contribution in [1.29, 1.82) is 0 Å². The summed E-state index contributed by atoms with van der Waals surface area (Å²) in [5.74, 6) is 0. The largest absolute Gasteiger partial charge is 0.397 e. The number of hydrogen-bond donors (Lipinski definition) is 1. The Morgan fingerprint density at radius 2 is 2.11 bits per heavy atom. The molecule has 0 saturated carbocycles. The van der Waals surface area contributed by atoms with Crippen molar-refractivity contribution >= 4 is 27.3 Å². The van der Waals surface area contributed by atoms with Gasteiger partial charge < -0.3 is 10.6 Å². The first-order valence-corrected chi connectivity index (χ1v) is 8.00. The summed E-state index contributed by atoms with van der Waals surface area (Å²) in [4.78, 5) is 5.16. The Balaban J connectivity index is 1.85. The van der Waals surface area contributed by atoms with E-state index in [2.05, 4.69) is 38.7 Å². The van der Waals surface area contributed by atoms with E-state index in [1.807, 2.05) is 12.1 Å². The van der Waals surface area contributed by atoms with Crippen LogP contribution >= 0.6 is 15.9 Å². The minimum Gasteiger partial charge on any atom is -0.397 e. The summed E-state index contributed by atoms with van der Waals surface area (Å²) in [7, 11) is 0. The molecule has 2 aliphatic rings. The van der Waals surface area contributed by atoms with E-state index in [9.17, 15) is 0 Å². The maximum Gasteiger partial charge on any atom is 0.0614 e. The highest BCUT2D eigenvalue weighted by atomic mass is 79.9. The van der Waals surface area contributed by atoms with Crippen molar-refractivity contribution in [2.75, 3.05) is 30.3 Å². The smallest absolute Gasteiger partial charge is 0.0614 e. The molecule has 2 unspecified atom stereocenters. The summed E-state index contributed by atoms with van der Waals surface area (Å²) in [5, 5.41) is 0. The van der Waals surface area contributed by atoms with E-state index in [4.69, 9.17) is 5.73 Å². The molecule has 3 nitrogen and oxygen atoms in total. The molecule has 0 aromatic heterocycles. The Morgan fingerprint density at radius 3 is 2.95 bits per heavy atom. The van der Waals surface area contributed by atoms with E-state index in [0.717, 1.165) is 23.2 Å². The highest BCUT2D eigenvalue weighted by molar-refractivity contribution is 9.10. The average Bonchev–Trinajstić information content (AvgIpc) is 2.41. The summed E-state index contributed by atoms with van der Waals surface area (Å²) < 4.78 is 1.11. The molecule has 2 heterocycles. The van der Waals surface area contributed by atoms with Gasteiger partial charge in [0.05, 0.1) is 11.4 Å². The Labute approximate surface area is 123 Å². The maximum atomic E-state index is 6.17. The zero-order valence-corrected chi connectivity index (χ0v) is 13.1. The number of nitrogen functional groups attached to an aromatic ring is 1. The Bertz CT molecular complexity index is 463. The number of hydrogen-bond acceptors (Lipinski definition) is 3. The SMILES string of the molecule is CC1CN2CCCCC2CN1c1cc(Br)ccc1N. The van der Waals surface area contributed by atoms with Crippen LogP contribution in [0.25, 0.3) is 0 Å². The van der Waals surface area contributed by atoms with Crippen LogP contribution in [0.3, 0.4) is 0 Å². The van der Waals surface area contributed by atoms with Crippen LogP contribution in [0.1, 0.15) is 26.2 Å². The lowest BCUT2D eigenvalue weighted by Crippen LogP contribution is -2.59. The van der Waals surface area contributed by atoms with Gasteiger partial charge >= 0.3 is 0 Å². The zero-order chi connectivity index (χ0) is 13.4. The number of piperidine rings is 1. The number of piperazine rings is 1. The third-order valence-electron chi connectivity index (χ3n) is 4.49. The van der Waals surface area contributed by atoms with Crippen molar-refractivity contribution in [1.82, 2.24) is 4.90 Å². The van der Waals surface area contributed by atoms with Crippen LogP contribution in [0.4, 0.5) is 11.4 Å². The van der Waals surface area contributed by atoms with Crippen LogP contribution in [0.2, 0.25) is 0 Å². The number of benzene rings is 1. The molecule has 2 N–H and O–H groups in total. The van der Waals surface area contributed by atoms with E-state index in [1.165, 1.54) is 31.5 Å². The quantitative estimate of drug-likeness (QED) is 0.806. The van der Waals surface area contributed by atoms with Crippen LogP contribution in [-0.4, -0.2) is 36.6 Å². The number of halogens is 1. The molecule has 3 rings (SSSR count). The molecule has 1 aromatic rings. The standard InChI is InChI=1S/C15H22BrN3/c1-11-9-18-7-3-2-4-13(18)10-19(11)15-8-12(16)5-6-14(15)17/h5-6,8,11,13H,2-4,7,9-10,17H2,1H3. The summed E-state index contributed by atoms with van der Waals surface area (Å²) in [6, 6.07) is 7.42. The summed E-state index contributed by atoms with van der Waals surface area (Å²) in [5.41, 5.74) is 8.25. The molecule has 0 aliphatic carbocycles. The second-order valence-electron chi connectivity index (χ2n) is 5.85. The molecule has 0 radical (unpaired) electrons. The van der Waals surface area contributed by atoms with Gasteiger partial charge in [-0.1, -0.05) is 22.4 Å². The highest BCUT2D eigenvalue weighted by Gasteiger charge is 2.33.